The molecule has 0 aromatic carbocycles. The van der Waals surface area contributed by atoms with Gasteiger partial charge in [0.1, 0.15) is 0 Å². The summed E-state index contributed by atoms with van der Waals surface area (Å²) in [7, 11) is 0. The van der Waals surface area contributed by atoms with Crippen molar-refractivity contribution in [2.45, 2.75) is 44.8 Å². The van der Waals surface area contributed by atoms with Crippen molar-refractivity contribution < 1.29 is 9.90 Å². The summed E-state index contributed by atoms with van der Waals surface area (Å²) < 4.78 is 0. The first-order valence-corrected chi connectivity index (χ1v) is 5.34. The highest BCUT2D eigenvalue weighted by Gasteiger charge is 2.27. The van der Waals surface area contributed by atoms with Crippen LogP contribution in [0.15, 0.2) is 0 Å². The molecule has 0 aromatic heterocycles. The number of aliphatic hydroxyl groups excluding tert-OH is 1. The van der Waals surface area contributed by atoms with Crippen LogP contribution in [0.25, 0.3) is 0 Å². The lowest BCUT2D eigenvalue weighted by Crippen LogP contribution is -2.45. The van der Waals surface area contributed by atoms with E-state index >= 15 is 0 Å². The van der Waals surface area contributed by atoms with Gasteiger partial charge in [-0.2, -0.15) is 0 Å². The number of hydrogen-bond donors (Lipinski definition) is 3. The zero-order valence-corrected chi connectivity index (χ0v) is 8.70. The lowest BCUT2D eigenvalue weighted by Gasteiger charge is -2.31. The lowest BCUT2D eigenvalue weighted by molar-refractivity contribution is -0.123. The highest BCUT2D eigenvalue weighted by atomic mass is 16.3. The minimum absolute atomic E-state index is 0.0618. The Morgan fingerprint density at radius 3 is 2.79 bits per heavy atom. The number of hydrogen-bond acceptors (Lipinski definition) is 3. The summed E-state index contributed by atoms with van der Waals surface area (Å²) in [6, 6.07) is -0.370. The second-order valence-electron chi connectivity index (χ2n) is 4.13. The molecule has 1 atom stereocenters. The van der Waals surface area contributed by atoms with Crippen molar-refractivity contribution >= 4 is 5.91 Å². The molecule has 1 aliphatic rings. The molecule has 1 rings (SSSR count). The van der Waals surface area contributed by atoms with E-state index in [1.165, 1.54) is 0 Å². The van der Waals surface area contributed by atoms with Crippen LogP contribution in [0.4, 0.5) is 0 Å². The minimum Gasteiger partial charge on any atom is -0.393 e. The van der Waals surface area contributed by atoms with Gasteiger partial charge in [-0.25, -0.2) is 0 Å². The molecule has 0 spiro atoms. The molecule has 0 heterocycles. The molecule has 0 radical (unpaired) electrons. The van der Waals surface area contributed by atoms with Crippen molar-refractivity contribution in [3.8, 4) is 0 Å². The molecule has 0 saturated heterocycles. The summed E-state index contributed by atoms with van der Waals surface area (Å²) in [5.74, 6) is 0.385. The molecule has 0 bridgehead atoms. The summed E-state index contributed by atoms with van der Waals surface area (Å²) in [6.07, 6.45) is 3.13. The van der Waals surface area contributed by atoms with Crippen LogP contribution in [0.1, 0.15) is 32.6 Å². The molecule has 0 unspecified atom stereocenters. The summed E-state index contributed by atoms with van der Waals surface area (Å²) in [4.78, 5) is 11.4. The molecular weight excluding hydrogens is 180 g/mol. The van der Waals surface area contributed by atoms with Crippen LogP contribution in [0.3, 0.4) is 0 Å². The third-order valence-electron chi connectivity index (χ3n) is 2.71. The Morgan fingerprint density at radius 1 is 1.64 bits per heavy atom. The van der Waals surface area contributed by atoms with E-state index in [-0.39, 0.29) is 18.1 Å². The van der Waals surface area contributed by atoms with Gasteiger partial charge in [0.2, 0.25) is 5.91 Å². The van der Waals surface area contributed by atoms with E-state index in [4.69, 9.17) is 10.8 Å². The maximum Gasteiger partial charge on any atom is 0.236 e. The van der Waals surface area contributed by atoms with Gasteiger partial charge in [0.15, 0.2) is 0 Å². The third kappa shape index (κ3) is 3.27. The van der Waals surface area contributed by atoms with Gasteiger partial charge in [-0.3, -0.25) is 4.79 Å². The van der Waals surface area contributed by atoms with Crippen LogP contribution >= 0.6 is 0 Å². The first-order chi connectivity index (χ1) is 6.63. The van der Waals surface area contributed by atoms with Crippen LogP contribution in [0.5, 0.6) is 0 Å². The van der Waals surface area contributed by atoms with Crippen molar-refractivity contribution in [2.24, 2.45) is 11.7 Å². The summed E-state index contributed by atoms with van der Waals surface area (Å²) in [5.41, 5.74) is 5.64. The van der Waals surface area contributed by atoms with Crippen LogP contribution in [-0.4, -0.2) is 29.7 Å². The van der Waals surface area contributed by atoms with Gasteiger partial charge in [0.05, 0.1) is 12.1 Å². The molecular formula is C10H20N2O2. The second kappa shape index (κ2) is 5.32. The molecule has 1 amide bonds. The normalized spacial score (nSPS) is 27.9. The molecule has 4 N–H and O–H groups in total. The predicted octanol–water partition coefficient (Wildman–Crippen LogP) is 0.000900. The lowest BCUT2D eigenvalue weighted by atomic mass is 9.82. The Morgan fingerprint density at radius 2 is 2.29 bits per heavy atom. The van der Waals surface area contributed by atoms with Gasteiger partial charge >= 0.3 is 0 Å². The number of rotatable bonds is 5. The summed E-state index contributed by atoms with van der Waals surface area (Å²) in [5, 5.41) is 11.9. The molecule has 0 aliphatic heterocycles. The van der Waals surface area contributed by atoms with Gasteiger partial charge < -0.3 is 16.2 Å². The summed E-state index contributed by atoms with van der Waals surface area (Å²) in [6.45, 7) is 2.67. The number of carbonyl (C=O) groups excluding carboxylic acids is 1. The zero-order valence-electron chi connectivity index (χ0n) is 8.70. The Kier molecular flexibility index (Phi) is 4.35. The van der Waals surface area contributed by atoms with Crippen molar-refractivity contribution in [1.82, 2.24) is 5.32 Å². The van der Waals surface area contributed by atoms with Crippen LogP contribution in [-0.2, 0) is 4.79 Å². The number of aliphatic hydroxyl groups is 1. The molecule has 1 saturated carbocycles. The van der Waals surface area contributed by atoms with E-state index in [0.29, 0.717) is 12.5 Å². The second-order valence-corrected chi connectivity index (χ2v) is 4.13. The monoisotopic (exact) mass is 200 g/mol. The largest absolute Gasteiger partial charge is 0.393 e. The van der Waals surface area contributed by atoms with E-state index in [9.17, 15) is 4.79 Å². The number of carbonyl (C=O) groups is 1. The smallest absolute Gasteiger partial charge is 0.236 e. The van der Waals surface area contributed by atoms with E-state index in [1.807, 2.05) is 6.92 Å². The Balaban J connectivity index is 2.08. The first-order valence-electron chi connectivity index (χ1n) is 5.34. The third-order valence-corrected chi connectivity index (χ3v) is 2.71. The van der Waals surface area contributed by atoms with Crippen LogP contribution in [0, 0.1) is 5.92 Å². The highest BCUT2D eigenvalue weighted by Crippen LogP contribution is 2.25. The van der Waals surface area contributed by atoms with Gasteiger partial charge in [-0.05, 0) is 25.2 Å². The number of amides is 1. The summed E-state index contributed by atoms with van der Waals surface area (Å²) >= 11 is 0. The number of nitrogens with two attached hydrogens (primary N) is 1. The SMILES string of the molecule is CCC[C@H](N)C(=O)NCC1CC(O)C1. The van der Waals surface area contributed by atoms with Crippen molar-refractivity contribution in [3.05, 3.63) is 0 Å². The topological polar surface area (TPSA) is 75.4 Å². The predicted molar refractivity (Wildman–Crippen MR) is 54.6 cm³/mol. The Bertz CT molecular complexity index is 191. The standard InChI is InChI=1S/C10H20N2O2/c1-2-3-9(11)10(14)12-6-7-4-8(13)5-7/h7-9,13H,2-6,11H2,1H3,(H,12,14)/t7?,8?,9-/m0/s1. The van der Waals surface area contributed by atoms with E-state index in [0.717, 1.165) is 25.7 Å². The van der Waals surface area contributed by atoms with Gasteiger partial charge in [-0.15, -0.1) is 0 Å². The maximum absolute atomic E-state index is 11.4. The Labute approximate surface area is 84.9 Å². The molecule has 0 aromatic rings. The minimum atomic E-state index is -0.370. The molecule has 4 nitrogen and oxygen atoms in total. The first kappa shape index (κ1) is 11.5. The fourth-order valence-corrected chi connectivity index (χ4v) is 1.69. The van der Waals surface area contributed by atoms with Crippen molar-refractivity contribution in [1.29, 1.82) is 0 Å². The molecule has 14 heavy (non-hydrogen) atoms. The van der Waals surface area contributed by atoms with Crippen molar-refractivity contribution in [2.75, 3.05) is 6.54 Å². The average Bonchev–Trinajstić information content (AvgIpc) is 2.10. The Hall–Kier alpha value is -0.610. The van der Waals surface area contributed by atoms with E-state index < -0.39 is 0 Å². The fraction of sp³-hybridized carbons (Fsp3) is 0.900. The van der Waals surface area contributed by atoms with Gasteiger partial charge in [0, 0.05) is 6.54 Å². The van der Waals surface area contributed by atoms with Crippen molar-refractivity contribution in [3.63, 3.8) is 0 Å². The van der Waals surface area contributed by atoms with Gasteiger partial charge in [0.25, 0.3) is 0 Å². The van der Waals surface area contributed by atoms with E-state index in [1.54, 1.807) is 0 Å². The van der Waals surface area contributed by atoms with Crippen LogP contribution < -0.4 is 11.1 Å². The highest BCUT2D eigenvalue weighted by molar-refractivity contribution is 5.81. The quantitative estimate of drug-likeness (QED) is 0.585. The van der Waals surface area contributed by atoms with Crippen LogP contribution in [0.2, 0.25) is 0 Å². The molecule has 1 fully saturated rings. The fourth-order valence-electron chi connectivity index (χ4n) is 1.69. The zero-order chi connectivity index (χ0) is 10.6. The molecule has 4 heteroatoms. The molecule has 1 aliphatic carbocycles. The maximum atomic E-state index is 11.4. The van der Waals surface area contributed by atoms with E-state index in [2.05, 4.69) is 5.32 Å². The molecule has 82 valence electrons. The average molecular weight is 200 g/mol. The van der Waals surface area contributed by atoms with Gasteiger partial charge in [-0.1, -0.05) is 13.3 Å². The number of nitrogens with one attached hydrogen (secondary N) is 1.